The average molecular weight is 378 g/mol. The predicted molar refractivity (Wildman–Crippen MR) is 98.6 cm³/mol. The molecule has 3 aromatic rings. The van der Waals surface area contributed by atoms with Gasteiger partial charge in [0.2, 0.25) is 0 Å². The summed E-state index contributed by atoms with van der Waals surface area (Å²) in [6.45, 7) is 2.05. The fraction of sp³-hybridized carbons (Fsp3) is 0.278. The lowest BCUT2D eigenvalue weighted by molar-refractivity contribution is -0.137. The van der Waals surface area contributed by atoms with E-state index < -0.39 is 11.7 Å². The van der Waals surface area contributed by atoms with Crippen LogP contribution in [0.15, 0.2) is 36.7 Å². The second kappa shape index (κ2) is 7.49. The number of nitrogens with zero attached hydrogens (tertiary/aromatic N) is 4. The van der Waals surface area contributed by atoms with Gasteiger partial charge in [-0.3, -0.25) is 4.98 Å². The zero-order chi connectivity index (χ0) is 18.7. The molecule has 3 heterocycles. The molecule has 0 spiro atoms. The van der Waals surface area contributed by atoms with E-state index in [2.05, 4.69) is 21.9 Å². The molecule has 4 nitrogen and oxygen atoms in total. The maximum Gasteiger partial charge on any atom is 0.417 e. The first-order valence-corrected chi connectivity index (χ1v) is 9.15. The van der Waals surface area contributed by atoms with Crippen molar-refractivity contribution in [2.24, 2.45) is 7.05 Å². The minimum Gasteiger partial charge on any atom is -0.312 e. The van der Waals surface area contributed by atoms with E-state index in [1.54, 1.807) is 29.6 Å². The standard InChI is InChI=1S/C18H17F3N4S/c1-3-26-11-12(8-14-6-4-5-7-22-14)16-24-15-9-13(18(19,20)21)10-23-17(15)25(16)2/h4-10H,3,11H2,1-2H3/b12-8+. The summed E-state index contributed by atoms with van der Waals surface area (Å²) in [7, 11) is 1.76. The number of imidazole rings is 1. The van der Waals surface area contributed by atoms with E-state index in [4.69, 9.17) is 0 Å². The van der Waals surface area contributed by atoms with Crippen molar-refractivity contribution in [2.75, 3.05) is 11.5 Å². The maximum absolute atomic E-state index is 12.9. The van der Waals surface area contributed by atoms with E-state index in [1.807, 2.05) is 24.3 Å². The molecular formula is C18H17F3N4S. The molecule has 0 bridgehead atoms. The molecule has 0 saturated carbocycles. The zero-order valence-electron chi connectivity index (χ0n) is 14.3. The number of rotatable bonds is 5. The van der Waals surface area contributed by atoms with Crippen molar-refractivity contribution in [3.63, 3.8) is 0 Å². The largest absolute Gasteiger partial charge is 0.417 e. The molecule has 0 N–H and O–H groups in total. The summed E-state index contributed by atoms with van der Waals surface area (Å²) < 4.78 is 40.5. The maximum atomic E-state index is 12.9. The van der Waals surface area contributed by atoms with E-state index in [-0.39, 0.29) is 5.52 Å². The number of aromatic nitrogens is 4. The van der Waals surface area contributed by atoms with Gasteiger partial charge in [-0.2, -0.15) is 24.9 Å². The Morgan fingerprint density at radius 2 is 2.08 bits per heavy atom. The van der Waals surface area contributed by atoms with Crippen LogP contribution in [0, 0.1) is 0 Å². The molecule has 0 atom stereocenters. The van der Waals surface area contributed by atoms with Gasteiger partial charge in [0, 0.05) is 30.8 Å². The molecule has 136 valence electrons. The molecule has 0 saturated heterocycles. The molecular weight excluding hydrogens is 361 g/mol. The van der Waals surface area contributed by atoms with Crippen LogP contribution in [0.25, 0.3) is 22.8 Å². The first-order valence-electron chi connectivity index (χ1n) is 7.99. The average Bonchev–Trinajstić information content (AvgIpc) is 2.95. The summed E-state index contributed by atoms with van der Waals surface area (Å²) in [5, 5.41) is 0. The number of halogens is 3. The van der Waals surface area contributed by atoms with Crippen LogP contribution in [0.2, 0.25) is 0 Å². The zero-order valence-corrected chi connectivity index (χ0v) is 15.1. The van der Waals surface area contributed by atoms with Crippen LogP contribution >= 0.6 is 11.8 Å². The van der Waals surface area contributed by atoms with E-state index >= 15 is 0 Å². The van der Waals surface area contributed by atoms with Crippen molar-refractivity contribution in [2.45, 2.75) is 13.1 Å². The number of alkyl halides is 3. The van der Waals surface area contributed by atoms with E-state index in [1.165, 1.54) is 0 Å². The molecule has 0 aliphatic heterocycles. The van der Waals surface area contributed by atoms with Crippen LogP contribution in [0.3, 0.4) is 0 Å². The number of hydrogen-bond acceptors (Lipinski definition) is 4. The third-order valence-electron chi connectivity index (χ3n) is 3.80. The topological polar surface area (TPSA) is 43.6 Å². The molecule has 0 aliphatic carbocycles. The highest BCUT2D eigenvalue weighted by molar-refractivity contribution is 7.99. The Hall–Kier alpha value is -2.35. The quantitative estimate of drug-likeness (QED) is 0.647. The molecule has 0 aliphatic rings. The van der Waals surface area contributed by atoms with E-state index in [9.17, 15) is 13.2 Å². The first-order chi connectivity index (χ1) is 12.4. The molecule has 8 heteroatoms. The summed E-state index contributed by atoms with van der Waals surface area (Å²) in [6, 6.07) is 6.63. The van der Waals surface area contributed by atoms with Gasteiger partial charge in [0.1, 0.15) is 11.3 Å². The van der Waals surface area contributed by atoms with Crippen molar-refractivity contribution in [1.29, 1.82) is 0 Å². The number of hydrogen-bond donors (Lipinski definition) is 0. The Morgan fingerprint density at radius 3 is 2.73 bits per heavy atom. The van der Waals surface area contributed by atoms with Crippen LogP contribution in [0.5, 0.6) is 0 Å². The third-order valence-corrected chi connectivity index (χ3v) is 4.72. The van der Waals surface area contributed by atoms with Crippen LogP contribution in [-0.4, -0.2) is 31.0 Å². The van der Waals surface area contributed by atoms with Crippen molar-refractivity contribution >= 4 is 34.6 Å². The highest BCUT2D eigenvalue weighted by Crippen LogP contribution is 2.31. The first kappa shape index (κ1) is 18.4. The second-order valence-corrected chi connectivity index (χ2v) is 6.89. The second-order valence-electron chi connectivity index (χ2n) is 5.62. The summed E-state index contributed by atoms with van der Waals surface area (Å²) in [6.07, 6.45) is 0.0112. The van der Waals surface area contributed by atoms with Crippen LogP contribution in [-0.2, 0) is 13.2 Å². The van der Waals surface area contributed by atoms with Crippen LogP contribution in [0.1, 0.15) is 24.0 Å². The summed E-state index contributed by atoms with van der Waals surface area (Å²) in [4.78, 5) is 12.7. The fourth-order valence-corrected chi connectivity index (χ4v) is 3.18. The van der Waals surface area contributed by atoms with Gasteiger partial charge in [-0.15, -0.1) is 0 Å². The molecule has 26 heavy (non-hydrogen) atoms. The lowest BCUT2D eigenvalue weighted by Gasteiger charge is -2.07. The van der Waals surface area contributed by atoms with Gasteiger partial charge in [0.05, 0.1) is 11.3 Å². The highest BCUT2D eigenvalue weighted by atomic mass is 32.2. The summed E-state index contributed by atoms with van der Waals surface area (Å²) in [5.74, 6) is 2.19. The molecule has 0 radical (unpaired) electrons. The van der Waals surface area contributed by atoms with Gasteiger partial charge in [-0.1, -0.05) is 13.0 Å². The third kappa shape index (κ3) is 3.90. The molecule has 0 aromatic carbocycles. The Kier molecular flexibility index (Phi) is 5.31. The molecule has 0 fully saturated rings. The predicted octanol–water partition coefficient (Wildman–Crippen LogP) is 4.68. The van der Waals surface area contributed by atoms with Gasteiger partial charge in [-0.05, 0) is 30.0 Å². The van der Waals surface area contributed by atoms with Gasteiger partial charge in [0.15, 0.2) is 5.65 Å². The van der Waals surface area contributed by atoms with Gasteiger partial charge >= 0.3 is 6.18 Å². The number of pyridine rings is 2. The van der Waals surface area contributed by atoms with E-state index in [0.29, 0.717) is 17.2 Å². The monoisotopic (exact) mass is 378 g/mol. The minimum atomic E-state index is -4.44. The number of fused-ring (bicyclic) bond motifs is 1. The van der Waals surface area contributed by atoms with Gasteiger partial charge in [0.25, 0.3) is 0 Å². The molecule has 0 unspecified atom stereocenters. The van der Waals surface area contributed by atoms with Crippen molar-refractivity contribution < 1.29 is 13.2 Å². The minimum absolute atomic E-state index is 0.228. The van der Waals surface area contributed by atoms with Crippen molar-refractivity contribution in [3.05, 3.63) is 53.7 Å². The van der Waals surface area contributed by atoms with Gasteiger partial charge < -0.3 is 4.57 Å². The summed E-state index contributed by atoms with van der Waals surface area (Å²) in [5.41, 5.74) is 1.51. The Balaban J connectivity index is 2.10. The number of aryl methyl sites for hydroxylation is 1. The van der Waals surface area contributed by atoms with Crippen molar-refractivity contribution in [1.82, 2.24) is 19.5 Å². The SMILES string of the molecule is CCSC/C(=C\c1ccccn1)c1nc2cc(C(F)(F)F)cnc2n1C. The normalized spacial score (nSPS) is 12.7. The molecule has 3 rings (SSSR count). The van der Waals surface area contributed by atoms with Crippen LogP contribution < -0.4 is 0 Å². The van der Waals surface area contributed by atoms with Crippen molar-refractivity contribution in [3.8, 4) is 0 Å². The highest BCUT2D eigenvalue weighted by Gasteiger charge is 2.31. The summed E-state index contributed by atoms with van der Waals surface area (Å²) >= 11 is 1.71. The Morgan fingerprint density at radius 1 is 1.27 bits per heavy atom. The van der Waals surface area contributed by atoms with Crippen LogP contribution in [0.4, 0.5) is 13.2 Å². The fourth-order valence-electron chi connectivity index (χ4n) is 2.54. The Bertz CT molecular complexity index is 933. The lowest BCUT2D eigenvalue weighted by Crippen LogP contribution is -2.05. The lowest BCUT2D eigenvalue weighted by atomic mass is 10.2. The molecule has 3 aromatic heterocycles. The molecule has 0 amide bonds. The smallest absolute Gasteiger partial charge is 0.312 e. The van der Waals surface area contributed by atoms with E-state index in [0.717, 1.165) is 29.3 Å². The van der Waals surface area contributed by atoms with Gasteiger partial charge in [-0.25, -0.2) is 9.97 Å². The number of thioether (sulfide) groups is 1. The Labute approximate surface area is 153 Å².